The van der Waals surface area contributed by atoms with Crippen LogP contribution in [0.2, 0.25) is 0 Å². The van der Waals surface area contributed by atoms with Crippen molar-refractivity contribution in [2.24, 2.45) is 10.8 Å². The van der Waals surface area contributed by atoms with Gasteiger partial charge in [-0.25, -0.2) is 4.39 Å². The zero-order chi connectivity index (χ0) is 21.6. The molecular weight excluding hydrogens is 367 g/mol. The number of carbonyl (C=O) groups excluding carboxylic acids is 1. The van der Waals surface area contributed by atoms with Gasteiger partial charge in [-0.2, -0.15) is 0 Å². The molecule has 1 saturated heterocycles. The van der Waals surface area contributed by atoms with Crippen LogP contribution in [0.1, 0.15) is 70.1 Å². The summed E-state index contributed by atoms with van der Waals surface area (Å²) in [7, 11) is 0. The van der Waals surface area contributed by atoms with Gasteiger partial charge < -0.3 is 9.84 Å². The SMILES string of the molecule is Cc1cc(C2=C(C=CC3CC(O)CC(=O)O3)C(C)(C)CC(C)(C)C2)cc(C)c1F. The molecule has 1 heterocycles. The molecule has 3 rings (SSSR count). The fraction of sp³-hybridized carbons (Fsp3) is 0.560. The molecule has 2 atom stereocenters. The Kier molecular flexibility index (Phi) is 5.79. The summed E-state index contributed by atoms with van der Waals surface area (Å²) in [5.41, 5.74) is 4.82. The smallest absolute Gasteiger partial charge is 0.309 e. The van der Waals surface area contributed by atoms with Gasteiger partial charge in [-0.05, 0) is 83.6 Å². The molecular formula is C25H33FO3. The summed E-state index contributed by atoms with van der Waals surface area (Å²) >= 11 is 0. The Balaban J connectivity index is 2.08. The van der Waals surface area contributed by atoms with Crippen molar-refractivity contribution in [2.75, 3.05) is 0 Å². The Morgan fingerprint density at radius 2 is 1.79 bits per heavy atom. The normalized spacial score (nSPS) is 26.7. The number of rotatable bonds is 3. The third-order valence-electron chi connectivity index (χ3n) is 6.08. The van der Waals surface area contributed by atoms with E-state index in [2.05, 4.69) is 33.8 Å². The van der Waals surface area contributed by atoms with E-state index in [0.29, 0.717) is 17.5 Å². The topological polar surface area (TPSA) is 46.5 Å². The molecule has 1 aromatic carbocycles. The van der Waals surface area contributed by atoms with Gasteiger partial charge in [-0.3, -0.25) is 4.79 Å². The summed E-state index contributed by atoms with van der Waals surface area (Å²) in [4.78, 5) is 11.7. The van der Waals surface area contributed by atoms with E-state index in [1.54, 1.807) is 0 Å². The van der Waals surface area contributed by atoms with Gasteiger partial charge in [0.1, 0.15) is 11.9 Å². The molecule has 0 spiro atoms. The van der Waals surface area contributed by atoms with Crippen molar-refractivity contribution < 1.29 is 19.0 Å². The molecule has 3 nitrogen and oxygen atoms in total. The lowest BCUT2D eigenvalue weighted by atomic mass is 9.61. The van der Waals surface area contributed by atoms with Gasteiger partial charge in [0, 0.05) is 6.42 Å². The number of benzene rings is 1. The third-order valence-corrected chi connectivity index (χ3v) is 6.08. The number of hydrogen-bond donors (Lipinski definition) is 1. The minimum atomic E-state index is -0.653. The average molecular weight is 401 g/mol. The van der Waals surface area contributed by atoms with Crippen LogP contribution in [0.15, 0.2) is 29.9 Å². The van der Waals surface area contributed by atoms with Gasteiger partial charge in [0.25, 0.3) is 0 Å². The molecule has 0 saturated carbocycles. The molecule has 0 aromatic heterocycles. The summed E-state index contributed by atoms with van der Waals surface area (Å²) in [6, 6.07) is 3.88. The molecule has 1 aliphatic carbocycles. The summed E-state index contributed by atoms with van der Waals surface area (Å²) in [5.74, 6) is -0.509. The Morgan fingerprint density at radius 3 is 2.38 bits per heavy atom. The van der Waals surface area contributed by atoms with Crippen LogP contribution in [0.3, 0.4) is 0 Å². The van der Waals surface area contributed by atoms with E-state index in [0.717, 1.165) is 18.4 Å². The van der Waals surface area contributed by atoms with Crippen molar-refractivity contribution in [1.29, 1.82) is 0 Å². The van der Waals surface area contributed by atoms with Gasteiger partial charge in [-0.15, -0.1) is 0 Å². The number of halogens is 1. The van der Waals surface area contributed by atoms with E-state index in [9.17, 15) is 14.3 Å². The lowest BCUT2D eigenvalue weighted by Gasteiger charge is -2.43. The maximum Gasteiger partial charge on any atom is 0.309 e. The Labute approximate surface area is 173 Å². The first kappa shape index (κ1) is 21.8. The molecule has 4 heteroatoms. The largest absolute Gasteiger partial charge is 0.458 e. The Morgan fingerprint density at radius 1 is 1.17 bits per heavy atom. The van der Waals surface area contributed by atoms with E-state index >= 15 is 0 Å². The number of allylic oxidation sites excluding steroid dienone is 3. The number of hydrogen-bond acceptors (Lipinski definition) is 3. The number of aryl methyl sites for hydroxylation is 2. The van der Waals surface area contributed by atoms with E-state index in [4.69, 9.17) is 4.74 Å². The number of aliphatic hydroxyl groups excluding tert-OH is 1. The van der Waals surface area contributed by atoms with Gasteiger partial charge in [0.15, 0.2) is 0 Å². The quantitative estimate of drug-likeness (QED) is 0.666. The summed E-state index contributed by atoms with van der Waals surface area (Å²) < 4.78 is 19.6. The highest BCUT2D eigenvalue weighted by Crippen LogP contribution is 2.52. The average Bonchev–Trinajstić information content (AvgIpc) is 2.55. The highest BCUT2D eigenvalue weighted by molar-refractivity contribution is 5.75. The van der Waals surface area contributed by atoms with Gasteiger partial charge in [-0.1, -0.05) is 33.8 Å². The molecule has 0 radical (unpaired) electrons. The van der Waals surface area contributed by atoms with E-state index in [1.807, 2.05) is 32.1 Å². The maximum atomic E-state index is 14.2. The molecule has 29 heavy (non-hydrogen) atoms. The van der Waals surface area contributed by atoms with Crippen LogP contribution in [0.5, 0.6) is 0 Å². The van der Waals surface area contributed by atoms with Crippen molar-refractivity contribution >= 4 is 11.5 Å². The van der Waals surface area contributed by atoms with E-state index in [1.165, 1.54) is 11.1 Å². The minimum Gasteiger partial charge on any atom is -0.458 e. The monoisotopic (exact) mass is 400 g/mol. The highest BCUT2D eigenvalue weighted by Gasteiger charge is 2.39. The molecule has 2 aliphatic rings. The van der Waals surface area contributed by atoms with Crippen molar-refractivity contribution in [2.45, 2.75) is 79.4 Å². The molecule has 1 aromatic rings. The van der Waals surface area contributed by atoms with Crippen LogP contribution in [0, 0.1) is 30.5 Å². The summed E-state index contributed by atoms with van der Waals surface area (Å²) in [5, 5.41) is 9.89. The molecule has 1 fully saturated rings. The van der Waals surface area contributed by atoms with E-state index in [-0.39, 0.29) is 29.0 Å². The fourth-order valence-corrected chi connectivity index (χ4v) is 5.17. The zero-order valence-corrected chi connectivity index (χ0v) is 18.4. The lowest BCUT2D eigenvalue weighted by Crippen LogP contribution is -2.32. The Hall–Kier alpha value is -1.94. The Bertz CT molecular complexity index is 853. The van der Waals surface area contributed by atoms with Crippen LogP contribution < -0.4 is 0 Å². The van der Waals surface area contributed by atoms with Crippen molar-refractivity contribution in [1.82, 2.24) is 0 Å². The second kappa shape index (κ2) is 7.71. The molecule has 1 N–H and O–H groups in total. The lowest BCUT2D eigenvalue weighted by molar-refractivity contribution is -0.156. The first-order chi connectivity index (χ1) is 13.4. The van der Waals surface area contributed by atoms with Gasteiger partial charge in [0.2, 0.25) is 0 Å². The van der Waals surface area contributed by atoms with Gasteiger partial charge in [0.05, 0.1) is 12.5 Å². The summed E-state index contributed by atoms with van der Waals surface area (Å²) in [6.45, 7) is 12.6. The van der Waals surface area contributed by atoms with Crippen LogP contribution >= 0.6 is 0 Å². The first-order valence-corrected chi connectivity index (χ1v) is 10.4. The number of cyclic esters (lactones) is 1. The van der Waals surface area contributed by atoms with Crippen molar-refractivity contribution in [3.8, 4) is 0 Å². The minimum absolute atomic E-state index is 0.0616. The van der Waals surface area contributed by atoms with Crippen molar-refractivity contribution in [3.63, 3.8) is 0 Å². The van der Waals surface area contributed by atoms with Crippen LogP contribution in [-0.2, 0) is 9.53 Å². The second-order valence-electron chi connectivity index (χ2n) is 10.2. The number of ether oxygens (including phenoxy) is 1. The predicted molar refractivity (Wildman–Crippen MR) is 114 cm³/mol. The van der Waals surface area contributed by atoms with E-state index < -0.39 is 12.2 Å². The number of carbonyl (C=O) groups is 1. The molecule has 158 valence electrons. The van der Waals surface area contributed by atoms with Crippen LogP contribution in [0.4, 0.5) is 4.39 Å². The standard InChI is InChI=1S/C25H33FO3/c1-15-9-17(10-16(2)23(15)26)20-13-24(3,4)14-25(5,6)21(20)8-7-19-11-18(27)12-22(28)29-19/h7-10,18-19,27H,11-14H2,1-6H3. The first-order valence-electron chi connectivity index (χ1n) is 10.4. The number of aliphatic hydroxyl groups is 1. The fourth-order valence-electron chi connectivity index (χ4n) is 5.17. The molecule has 0 bridgehead atoms. The third kappa shape index (κ3) is 4.80. The van der Waals surface area contributed by atoms with Gasteiger partial charge >= 0.3 is 5.97 Å². The number of esters is 1. The maximum absolute atomic E-state index is 14.2. The second-order valence-corrected chi connectivity index (χ2v) is 10.2. The predicted octanol–water partition coefficient (Wildman–Crippen LogP) is 5.67. The molecule has 1 aliphatic heterocycles. The zero-order valence-electron chi connectivity index (χ0n) is 18.4. The molecule has 0 amide bonds. The van der Waals surface area contributed by atoms with Crippen molar-refractivity contribution in [3.05, 3.63) is 52.4 Å². The van der Waals surface area contributed by atoms with Crippen LogP contribution in [-0.4, -0.2) is 23.3 Å². The van der Waals surface area contributed by atoms with Crippen LogP contribution in [0.25, 0.3) is 5.57 Å². The highest BCUT2D eigenvalue weighted by atomic mass is 19.1. The summed E-state index contributed by atoms with van der Waals surface area (Å²) in [6.07, 6.45) is 5.30. The molecule has 2 unspecified atom stereocenters.